The van der Waals surface area contributed by atoms with Crippen LogP contribution in [0.1, 0.15) is 23.7 Å². The second-order valence-electron chi connectivity index (χ2n) is 4.04. The van der Waals surface area contributed by atoms with Crippen molar-refractivity contribution in [1.82, 2.24) is 0 Å². The fraction of sp³-hybridized carbons (Fsp3) is 0.500. The monoisotopic (exact) mass is 284 g/mol. The van der Waals surface area contributed by atoms with Crippen LogP contribution in [0.15, 0.2) is 23.1 Å². The van der Waals surface area contributed by atoms with Gasteiger partial charge in [-0.15, -0.1) is 11.8 Å². The minimum atomic E-state index is -0.359. The van der Waals surface area contributed by atoms with Crippen LogP contribution < -0.4 is 4.74 Å². The zero-order valence-electron chi connectivity index (χ0n) is 11.8. The lowest BCUT2D eigenvalue weighted by Gasteiger charge is -2.13. The van der Waals surface area contributed by atoms with E-state index >= 15 is 0 Å². The minimum absolute atomic E-state index is 0.154. The van der Waals surface area contributed by atoms with Gasteiger partial charge in [-0.25, -0.2) is 4.79 Å². The highest BCUT2D eigenvalue weighted by Gasteiger charge is 2.11. The molecule has 0 saturated carbocycles. The number of hydrogen-bond acceptors (Lipinski definition) is 5. The van der Waals surface area contributed by atoms with Gasteiger partial charge in [0.2, 0.25) is 0 Å². The summed E-state index contributed by atoms with van der Waals surface area (Å²) in [5.41, 5.74) is 0.495. The number of thioether (sulfide) groups is 1. The largest absolute Gasteiger partial charge is 0.492 e. The lowest BCUT2D eigenvalue weighted by molar-refractivity contribution is 0.0599. The fourth-order valence-corrected chi connectivity index (χ4v) is 2.01. The van der Waals surface area contributed by atoms with Crippen LogP contribution in [0.25, 0.3) is 0 Å². The highest BCUT2D eigenvalue weighted by Crippen LogP contribution is 2.29. The van der Waals surface area contributed by atoms with Crippen LogP contribution in [-0.4, -0.2) is 39.2 Å². The van der Waals surface area contributed by atoms with Gasteiger partial charge in [-0.2, -0.15) is 0 Å². The second kappa shape index (κ2) is 8.07. The molecule has 0 aromatic heterocycles. The Kier molecular flexibility index (Phi) is 6.73. The zero-order valence-corrected chi connectivity index (χ0v) is 12.6. The van der Waals surface area contributed by atoms with E-state index < -0.39 is 0 Å². The van der Waals surface area contributed by atoms with Crippen molar-refractivity contribution >= 4 is 17.7 Å². The predicted octanol–water partition coefficient (Wildman–Crippen LogP) is 3.00. The molecule has 0 amide bonds. The van der Waals surface area contributed by atoms with Crippen molar-refractivity contribution in [3.63, 3.8) is 0 Å². The molecule has 4 nitrogen and oxygen atoms in total. The van der Waals surface area contributed by atoms with E-state index in [1.54, 1.807) is 31.0 Å². The smallest absolute Gasteiger partial charge is 0.337 e. The third-order valence-electron chi connectivity index (χ3n) is 2.77. The molecule has 1 rings (SSSR count). The molecule has 1 unspecified atom stereocenters. The van der Waals surface area contributed by atoms with Gasteiger partial charge in [-0.1, -0.05) is 0 Å². The van der Waals surface area contributed by atoms with Gasteiger partial charge in [0, 0.05) is 18.4 Å². The van der Waals surface area contributed by atoms with Crippen molar-refractivity contribution in [2.45, 2.75) is 24.3 Å². The molecule has 1 aromatic rings. The summed E-state index contributed by atoms with van der Waals surface area (Å²) < 4.78 is 15.6. The molecular weight excluding hydrogens is 264 g/mol. The van der Waals surface area contributed by atoms with Crippen molar-refractivity contribution in [3.05, 3.63) is 23.8 Å². The second-order valence-corrected chi connectivity index (χ2v) is 4.89. The van der Waals surface area contributed by atoms with Gasteiger partial charge in [0.25, 0.3) is 0 Å². The standard InChI is InChI=1S/C14H20O4S/c1-10(16-2)7-8-18-12-9-11(14(15)17-3)5-6-13(12)19-4/h5-6,9-10H,7-8H2,1-4H3. The van der Waals surface area contributed by atoms with Crippen molar-refractivity contribution < 1.29 is 19.0 Å². The molecule has 1 aromatic carbocycles. The number of benzene rings is 1. The average Bonchev–Trinajstić information content (AvgIpc) is 2.45. The molecular formula is C14H20O4S. The zero-order chi connectivity index (χ0) is 14.3. The molecule has 0 aliphatic rings. The Morgan fingerprint density at radius 1 is 1.37 bits per heavy atom. The minimum Gasteiger partial charge on any atom is -0.492 e. The first-order valence-electron chi connectivity index (χ1n) is 6.04. The Labute approximate surface area is 118 Å². The molecule has 0 spiro atoms. The van der Waals surface area contributed by atoms with E-state index in [0.29, 0.717) is 17.9 Å². The highest BCUT2D eigenvalue weighted by molar-refractivity contribution is 7.98. The summed E-state index contributed by atoms with van der Waals surface area (Å²) in [6.45, 7) is 2.54. The van der Waals surface area contributed by atoms with E-state index in [1.165, 1.54) is 7.11 Å². The Morgan fingerprint density at radius 3 is 2.68 bits per heavy atom. The van der Waals surface area contributed by atoms with Crippen molar-refractivity contribution in [1.29, 1.82) is 0 Å². The van der Waals surface area contributed by atoms with E-state index in [0.717, 1.165) is 11.3 Å². The number of ether oxygens (including phenoxy) is 3. The van der Waals surface area contributed by atoms with Gasteiger partial charge >= 0.3 is 5.97 Å². The molecule has 0 bridgehead atoms. The molecule has 0 saturated heterocycles. The quantitative estimate of drug-likeness (QED) is 0.569. The van der Waals surface area contributed by atoms with Crippen LogP contribution in [0.5, 0.6) is 5.75 Å². The topological polar surface area (TPSA) is 44.8 Å². The van der Waals surface area contributed by atoms with E-state index in [9.17, 15) is 4.79 Å². The lowest BCUT2D eigenvalue weighted by Crippen LogP contribution is -2.11. The SMILES string of the molecule is COC(=O)c1ccc(SC)c(OCCC(C)OC)c1. The Hall–Kier alpha value is -1.20. The Morgan fingerprint density at radius 2 is 2.11 bits per heavy atom. The number of rotatable bonds is 7. The number of esters is 1. The van der Waals surface area contributed by atoms with E-state index in [2.05, 4.69) is 0 Å². The molecule has 19 heavy (non-hydrogen) atoms. The summed E-state index contributed by atoms with van der Waals surface area (Å²) in [4.78, 5) is 12.5. The Bertz CT molecular complexity index is 420. The summed E-state index contributed by atoms with van der Waals surface area (Å²) in [5, 5.41) is 0. The summed E-state index contributed by atoms with van der Waals surface area (Å²) in [6, 6.07) is 5.32. The van der Waals surface area contributed by atoms with Crippen LogP contribution in [0.2, 0.25) is 0 Å². The predicted molar refractivity (Wildman–Crippen MR) is 76.1 cm³/mol. The van der Waals surface area contributed by atoms with E-state index in [4.69, 9.17) is 14.2 Å². The summed E-state index contributed by atoms with van der Waals surface area (Å²) >= 11 is 1.58. The molecule has 106 valence electrons. The molecule has 1 atom stereocenters. The number of carbonyl (C=O) groups is 1. The number of methoxy groups -OCH3 is 2. The van der Waals surface area contributed by atoms with Gasteiger partial charge in [0.1, 0.15) is 5.75 Å². The maximum absolute atomic E-state index is 11.5. The van der Waals surface area contributed by atoms with Gasteiger partial charge in [-0.05, 0) is 31.4 Å². The van der Waals surface area contributed by atoms with Gasteiger partial charge in [0.15, 0.2) is 0 Å². The van der Waals surface area contributed by atoms with Crippen LogP contribution in [0, 0.1) is 0 Å². The molecule has 0 aliphatic carbocycles. The van der Waals surface area contributed by atoms with Crippen LogP contribution >= 0.6 is 11.8 Å². The first-order chi connectivity index (χ1) is 9.12. The Balaban J connectivity index is 2.75. The number of carbonyl (C=O) groups excluding carboxylic acids is 1. The lowest BCUT2D eigenvalue weighted by atomic mass is 10.2. The molecule has 0 aliphatic heterocycles. The van der Waals surface area contributed by atoms with Crippen LogP contribution in [0.4, 0.5) is 0 Å². The average molecular weight is 284 g/mol. The van der Waals surface area contributed by atoms with Gasteiger partial charge in [0.05, 0.1) is 25.4 Å². The van der Waals surface area contributed by atoms with E-state index in [-0.39, 0.29) is 12.1 Å². The number of hydrogen-bond donors (Lipinski definition) is 0. The molecule has 5 heteroatoms. The summed E-state index contributed by atoms with van der Waals surface area (Å²) in [5.74, 6) is 0.349. The highest BCUT2D eigenvalue weighted by atomic mass is 32.2. The third kappa shape index (κ3) is 4.76. The van der Waals surface area contributed by atoms with Gasteiger partial charge in [-0.3, -0.25) is 0 Å². The van der Waals surface area contributed by atoms with E-state index in [1.807, 2.05) is 19.2 Å². The van der Waals surface area contributed by atoms with Crippen molar-refractivity contribution in [3.8, 4) is 5.75 Å². The van der Waals surface area contributed by atoms with Crippen molar-refractivity contribution in [2.75, 3.05) is 27.1 Å². The summed E-state index contributed by atoms with van der Waals surface area (Å²) in [6.07, 6.45) is 2.92. The van der Waals surface area contributed by atoms with Gasteiger partial charge < -0.3 is 14.2 Å². The summed E-state index contributed by atoms with van der Waals surface area (Å²) in [7, 11) is 3.04. The fourth-order valence-electron chi connectivity index (χ4n) is 1.49. The first-order valence-corrected chi connectivity index (χ1v) is 7.26. The maximum Gasteiger partial charge on any atom is 0.337 e. The molecule has 0 heterocycles. The first kappa shape index (κ1) is 15.9. The molecule has 0 N–H and O–H groups in total. The molecule has 0 radical (unpaired) electrons. The third-order valence-corrected chi connectivity index (χ3v) is 3.55. The van der Waals surface area contributed by atoms with Crippen LogP contribution in [0.3, 0.4) is 0 Å². The maximum atomic E-state index is 11.5. The normalized spacial score (nSPS) is 12.0. The van der Waals surface area contributed by atoms with Crippen LogP contribution in [-0.2, 0) is 9.47 Å². The van der Waals surface area contributed by atoms with Crippen molar-refractivity contribution in [2.24, 2.45) is 0 Å². The molecule has 0 fully saturated rings.